The summed E-state index contributed by atoms with van der Waals surface area (Å²) in [5.74, 6) is 0.888. The molecule has 0 spiro atoms. The minimum absolute atomic E-state index is 0.239. The predicted octanol–water partition coefficient (Wildman–Crippen LogP) is 3.07. The van der Waals surface area contributed by atoms with E-state index in [0.29, 0.717) is 0 Å². The van der Waals surface area contributed by atoms with Crippen molar-refractivity contribution >= 4 is 11.6 Å². The van der Waals surface area contributed by atoms with Crippen LogP contribution in [0.5, 0.6) is 0 Å². The van der Waals surface area contributed by atoms with Crippen LogP contribution in [0.4, 0.5) is 0 Å². The van der Waals surface area contributed by atoms with E-state index in [2.05, 4.69) is 9.97 Å². The van der Waals surface area contributed by atoms with Crippen LogP contribution in [0.2, 0.25) is 5.02 Å². The fourth-order valence-corrected chi connectivity index (χ4v) is 2.36. The van der Waals surface area contributed by atoms with E-state index in [-0.39, 0.29) is 5.54 Å². The molecule has 0 aliphatic heterocycles. The molecule has 0 radical (unpaired) electrons. The lowest BCUT2D eigenvalue weighted by Gasteiger charge is -2.35. The minimum Gasteiger partial charge on any atom is -0.340 e. The Labute approximate surface area is 105 Å². The Hall–Kier alpha value is -1.32. The van der Waals surface area contributed by atoms with Crippen molar-refractivity contribution < 1.29 is 0 Å². The first-order valence-electron chi connectivity index (χ1n) is 5.78. The third-order valence-electron chi connectivity index (χ3n) is 3.43. The SMILES string of the molecule is NC1(c2ncc(-c3cccc(Cl)c3)[nH]2)CCC1. The van der Waals surface area contributed by atoms with Gasteiger partial charge in [-0.2, -0.15) is 0 Å². The molecule has 0 unspecified atom stereocenters. The Balaban J connectivity index is 1.95. The standard InChI is InChI=1S/C13H14ClN3/c14-10-4-1-3-9(7-10)11-8-16-12(17-11)13(15)5-2-6-13/h1,3-4,7-8H,2,5-6,15H2,(H,16,17). The molecule has 0 bridgehead atoms. The third-order valence-corrected chi connectivity index (χ3v) is 3.66. The molecule has 88 valence electrons. The van der Waals surface area contributed by atoms with Crippen LogP contribution >= 0.6 is 11.6 Å². The minimum atomic E-state index is -0.239. The lowest BCUT2D eigenvalue weighted by Crippen LogP contribution is -2.44. The monoisotopic (exact) mass is 247 g/mol. The summed E-state index contributed by atoms with van der Waals surface area (Å²) < 4.78 is 0. The van der Waals surface area contributed by atoms with Gasteiger partial charge in [0.15, 0.2) is 0 Å². The van der Waals surface area contributed by atoms with Crippen LogP contribution in [-0.4, -0.2) is 9.97 Å². The normalized spacial score (nSPS) is 17.8. The molecule has 1 heterocycles. The van der Waals surface area contributed by atoms with Crippen molar-refractivity contribution in [1.29, 1.82) is 0 Å². The molecule has 3 rings (SSSR count). The molecule has 3 N–H and O–H groups in total. The molecule has 1 aliphatic rings. The van der Waals surface area contributed by atoms with Crippen molar-refractivity contribution in [3.8, 4) is 11.3 Å². The van der Waals surface area contributed by atoms with Gasteiger partial charge in [-0.05, 0) is 31.4 Å². The van der Waals surface area contributed by atoms with E-state index in [4.69, 9.17) is 17.3 Å². The predicted molar refractivity (Wildman–Crippen MR) is 68.8 cm³/mol. The van der Waals surface area contributed by atoms with Gasteiger partial charge < -0.3 is 10.7 Å². The van der Waals surface area contributed by atoms with E-state index >= 15 is 0 Å². The molecule has 0 amide bonds. The van der Waals surface area contributed by atoms with Gasteiger partial charge >= 0.3 is 0 Å². The number of rotatable bonds is 2. The zero-order chi connectivity index (χ0) is 11.9. The van der Waals surface area contributed by atoms with Crippen LogP contribution in [0.1, 0.15) is 25.1 Å². The molecular formula is C13H14ClN3. The molecule has 3 nitrogen and oxygen atoms in total. The number of benzene rings is 1. The van der Waals surface area contributed by atoms with Crippen LogP contribution in [0, 0.1) is 0 Å². The Bertz CT molecular complexity index is 543. The number of nitrogens with zero attached hydrogens (tertiary/aromatic N) is 1. The number of H-pyrrole nitrogens is 1. The summed E-state index contributed by atoms with van der Waals surface area (Å²) in [6, 6.07) is 7.72. The van der Waals surface area contributed by atoms with Gasteiger partial charge in [-0.25, -0.2) is 4.98 Å². The second kappa shape index (κ2) is 3.86. The zero-order valence-corrected chi connectivity index (χ0v) is 10.2. The van der Waals surface area contributed by atoms with Crippen molar-refractivity contribution in [2.24, 2.45) is 5.73 Å². The molecule has 2 aromatic rings. The Morgan fingerprint density at radius 2 is 2.18 bits per heavy atom. The fraction of sp³-hybridized carbons (Fsp3) is 0.308. The van der Waals surface area contributed by atoms with Gasteiger partial charge in [0.1, 0.15) is 5.82 Å². The number of hydrogen-bond acceptors (Lipinski definition) is 2. The molecule has 4 heteroatoms. The Morgan fingerprint density at radius 3 is 2.82 bits per heavy atom. The van der Waals surface area contributed by atoms with Crippen LogP contribution in [0.3, 0.4) is 0 Å². The van der Waals surface area contributed by atoms with E-state index in [1.807, 2.05) is 30.5 Å². The highest BCUT2D eigenvalue weighted by atomic mass is 35.5. The van der Waals surface area contributed by atoms with Crippen molar-refractivity contribution in [1.82, 2.24) is 9.97 Å². The molecule has 1 fully saturated rings. The largest absolute Gasteiger partial charge is 0.340 e. The number of imidazole rings is 1. The summed E-state index contributed by atoms with van der Waals surface area (Å²) in [5.41, 5.74) is 8.00. The second-order valence-corrected chi connectivity index (χ2v) is 5.10. The summed E-state index contributed by atoms with van der Waals surface area (Å²) >= 11 is 5.97. The van der Waals surface area contributed by atoms with E-state index < -0.39 is 0 Å². The second-order valence-electron chi connectivity index (χ2n) is 4.67. The average Bonchev–Trinajstić information content (AvgIpc) is 2.75. The number of aromatic nitrogens is 2. The smallest absolute Gasteiger partial charge is 0.126 e. The van der Waals surface area contributed by atoms with Crippen molar-refractivity contribution in [2.75, 3.05) is 0 Å². The molecule has 1 aromatic carbocycles. The molecule has 1 saturated carbocycles. The van der Waals surface area contributed by atoms with Gasteiger partial charge in [0, 0.05) is 10.6 Å². The summed E-state index contributed by atoms with van der Waals surface area (Å²) in [5, 5.41) is 0.727. The van der Waals surface area contributed by atoms with Gasteiger partial charge in [0.05, 0.1) is 17.4 Å². The van der Waals surface area contributed by atoms with E-state index in [1.165, 1.54) is 6.42 Å². The van der Waals surface area contributed by atoms with Gasteiger partial charge in [-0.3, -0.25) is 0 Å². The van der Waals surface area contributed by atoms with E-state index in [1.54, 1.807) is 0 Å². The molecule has 0 saturated heterocycles. The van der Waals surface area contributed by atoms with Crippen LogP contribution in [0.25, 0.3) is 11.3 Å². The molecular weight excluding hydrogens is 234 g/mol. The highest BCUT2D eigenvalue weighted by molar-refractivity contribution is 6.30. The van der Waals surface area contributed by atoms with Crippen molar-refractivity contribution in [2.45, 2.75) is 24.8 Å². The maximum atomic E-state index is 6.23. The quantitative estimate of drug-likeness (QED) is 0.857. The lowest BCUT2D eigenvalue weighted by atomic mass is 9.77. The Morgan fingerprint density at radius 1 is 1.35 bits per heavy atom. The fourth-order valence-electron chi connectivity index (χ4n) is 2.17. The van der Waals surface area contributed by atoms with E-state index in [9.17, 15) is 0 Å². The number of hydrogen-bond donors (Lipinski definition) is 2. The van der Waals surface area contributed by atoms with E-state index in [0.717, 1.165) is 34.9 Å². The maximum Gasteiger partial charge on any atom is 0.126 e. The first-order chi connectivity index (χ1) is 8.17. The Kier molecular flexibility index (Phi) is 2.45. The number of aromatic amines is 1. The summed E-state index contributed by atoms with van der Waals surface area (Å²) in [6.07, 6.45) is 5.03. The summed E-state index contributed by atoms with van der Waals surface area (Å²) in [4.78, 5) is 7.70. The van der Waals surface area contributed by atoms with Gasteiger partial charge in [0.25, 0.3) is 0 Å². The topological polar surface area (TPSA) is 54.7 Å². The van der Waals surface area contributed by atoms with Crippen LogP contribution in [-0.2, 0) is 5.54 Å². The molecule has 17 heavy (non-hydrogen) atoms. The third kappa shape index (κ3) is 1.85. The molecule has 0 atom stereocenters. The van der Waals surface area contributed by atoms with Gasteiger partial charge in [-0.1, -0.05) is 23.7 Å². The first-order valence-corrected chi connectivity index (χ1v) is 6.15. The highest BCUT2D eigenvalue weighted by Crippen LogP contribution is 2.37. The molecule has 1 aliphatic carbocycles. The maximum absolute atomic E-state index is 6.23. The highest BCUT2D eigenvalue weighted by Gasteiger charge is 2.37. The van der Waals surface area contributed by atoms with Crippen LogP contribution < -0.4 is 5.73 Å². The molecule has 1 aromatic heterocycles. The zero-order valence-electron chi connectivity index (χ0n) is 9.41. The lowest BCUT2D eigenvalue weighted by molar-refractivity contribution is 0.240. The van der Waals surface area contributed by atoms with Crippen LogP contribution in [0.15, 0.2) is 30.5 Å². The number of nitrogens with one attached hydrogen (secondary N) is 1. The van der Waals surface area contributed by atoms with Crippen molar-refractivity contribution in [3.63, 3.8) is 0 Å². The average molecular weight is 248 g/mol. The van der Waals surface area contributed by atoms with Gasteiger partial charge in [0.2, 0.25) is 0 Å². The van der Waals surface area contributed by atoms with Crippen molar-refractivity contribution in [3.05, 3.63) is 41.3 Å². The summed E-state index contributed by atoms with van der Waals surface area (Å²) in [7, 11) is 0. The van der Waals surface area contributed by atoms with Gasteiger partial charge in [-0.15, -0.1) is 0 Å². The number of nitrogens with two attached hydrogens (primary N) is 1. The number of halogens is 1. The summed E-state index contributed by atoms with van der Waals surface area (Å²) in [6.45, 7) is 0. The first kappa shape index (κ1) is 10.8.